The van der Waals surface area contributed by atoms with Crippen molar-refractivity contribution in [1.29, 1.82) is 0 Å². The van der Waals surface area contributed by atoms with E-state index in [4.69, 9.17) is 16.2 Å². The summed E-state index contributed by atoms with van der Waals surface area (Å²) < 4.78 is 5.75. The van der Waals surface area contributed by atoms with Crippen LogP contribution in [0.25, 0.3) is 10.8 Å². The van der Waals surface area contributed by atoms with E-state index in [9.17, 15) is 0 Å². The highest BCUT2D eigenvalue weighted by Crippen LogP contribution is 2.31. The van der Waals surface area contributed by atoms with Crippen molar-refractivity contribution in [3.8, 4) is 5.75 Å². The van der Waals surface area contributed by atoms with Crippen LogP contribution in [0.4, 0.5) is 5.69 Å². The lowest BCUT2D eigenvalue weighted by molar-refractivity contribution is 0.431. The molecular weight excluding hydrogens is 212 g/mol. The normalized spacial score (nSPS) is 11.8. The predicted octanol–water partition coefficient (Wildman–Crippen LogP) is 2.66. The molecule has 0 saturated heterocycles. The second-order valence-electron chi connectivity index (χ2n) is 3.85. The van der Waals surface area contributed by atoms with Gasteiger partial charge in [-0.05, 0) is 30.5 Å². The van der Waals surface area contributed by atoms with Gasteiger partial charge in [-0.2, -0.15) is 0 Å². The zero-order valence-electron chi connectivity index (χ0n) is 9.81. The quantitative estimate of drug-likeness (QED) is 0.627. The van der Waals surface area contributed by atoms with Gasteiger partial charge < -0.3 is 16.2 Å². The van der Waals surface area contributed by atoms with E-state index in [0.717, 1.165) is 28.0 Å². The fourth-order valence-electron chi connectivity index (χ4n) is 1.80. The van der Waals surface area contributed by atoms with E-state index in [1.165, 1.54) is 0 Å². The highest BCUT2D eigenvalue weighted by Gasteiger charge is 2.05. The maximum atomic E-state index is 5.98. The van der Waals surface area contributed by atoms with Gasteiger partial charge in [0, 0.05) is 17.6 Å². The Morgan fingerprint density at radius 1 is 1.24 bits per heavy atom. The van der Waals surface area contributed by atoms with Crippen molar-refractivity contribution < 1.29 is 4.74 Å². The fourth-order valence-corrected chi connectivity index (χ4v) is 1.80. The monoisotopic (exact) mass is 228 g/mol. The van der Waals surface area contributed by atoms with Gasteiger partial charge in [-0.3, -0.25) is 0 Å². The minimum Gasteiger partial charge on any atom is -0.462 e. The van der Waals surface area contributed by atoms with E-state index in [0.29, 0.717) is 6.54 Å². The number of hydrogen-bond acceptors (Lipinski definition) is 3. The van der Waals surface area contributed by atoms with Crippen LogP contribution in [0.1, 0.15) is 6.92 Å². The molecule has 0 amide bonds. The van der Waals surface area contributed by atoms with Crippen molar-refractivity contribution in [3.63, 3.8) is 0 Å². The summed E-state index contributed by atoms with van der Waals surface area (Å²) >= 11 is 0. The van der Waals surface area contributed by atoms with Crippen LogP contribution in [0.15, 0.2) is 48.2 Å². The van der Waals surface area contributed by atoms with E-state index < -0.39 is 0 Å². The Labute approximate surface area is 101 Å². The largest absolute Gasteiger partial charge is 0.462 e. The van der Waals surface area contributed by atoms with Crippen LogP contribution in [0, 0.1) is 0 Å². The first kappa shape index (κ1) is 11.5. The molecule has 17 heavy (non-hydrogen) atoms. The third-order valence-corrected chi connectivity index (χ3v) is 2.57. The summed E-state index contributed by atoms with van der Waals surface area (Å²) in [4.78, 5) is 0. The zero-order chi connectivity index (χ0) is 12.3. The molecule has 0 saturated carbocycles. The third kappa shape index (κ3) is 2.40. The van der Waals surface area contributed by atoms with Gasteiger partial charge in [0.1, 0.15) is 5.75 Å². The van der Waals surface area contributed by atoms with Gasteiger partial charge in [0.25, 0.3) is 0 Å². The molecule has 0 heterocycles. The molecular formula is C14H16N2O. The molecule has 0 aliphatic carbocycles. The maximum absolute atomic E-state index is 5.98. The predicted molar refractivity (Wildman–Crippen MR) is 71.8 cm³/mol. The number of allylic oxidation sites excluding steroid dienone is 1. The van der Waals surface area contributed by atoms with Crippen molar-refractivity contribution in [1.82, 2.24) is 0 Å². The zero-order valence-corrected chi connectivity index (χ0v) is 9.81. The van der Waals surface area contributed by atoms with Crippen LogP contribution >= 0.6 is 0 Å². The van der Waals surface area contributed by atoms with Crippen molar-refractivity contribution in [2.45, 2.75) is 6.92 Å². The number of benzene rings is 2. The Hall–Kier alpha value is -2.00. The number of hydrogen-bond donors (Lipinski definition) is 2. The average molecular weight is 228 g/mol. The topological polar surface area (TPSA) is 61.3 Å². The van der Waals surface area contributed by atoms with Crippen LogP contribution in [0.2, 0.25) is 0 Å². The third-order valence-electron chi connectivity index (χ3n) is 2.57. The molecule has 88 valence electrons. The fraction of sp³-hybridized carbons (Fsp3) is 0.143. The maximum Gasteiger partial charge on any atom is 0.136 e. The summed E-state index contributed by atoms with van der Waals surface area (Å²) in [5, 5.41) is 2.02. The summed E-state index contributed by atoms with van der Waals surface area (Å²) in [5.74, 6) is 1.55. The molecule has 2 aromatic rings. The molecule has 0 aromatic heterocycles. The molecule has 0 radical (unpaired) electrons. The smallest absolute Gasteiger partial charge is 0.136 e. The lowest BCUT2D eigenvalue weighted by Gasteiger charge is -2.10. The first-order valence-corrected chi connectivity index (χ1v) is 5.54. The highest BCUT2D eigenvalue weighted by atomic mass is 16.5. The molecule has 2 aromatic carbocycles. The number of nitrogen functional groups attached to an aromatic ring is 1. The Bertz CT molecular complexity index is 556. The Morgan fingerprint density at radius 2 is 1.94 bits per heavy atom. The van der Waals surface area contributed by atoms with E-state index in [2.05, 4.69) is 0 Å². The summed E-state index contributed by atoms with van der Waals surface area (Å²) in [5.41, 5.74) is 12.1. The van der Waals surface area contributed by atoms with Gasteiger partial charge in [-0.15, -0.1) is 0 Å². The molecule has 0 aliphatic heterocycles. The molecule has 0 atom stereocenters. The van der Waals surface area contributed by atoms with Crippen LogP contribution < -0.4 is 16.2 Å². The minimum atomic E-state index is 0.464. The van der Waals surface area contributed by atoms with Gasteiger partial charge >= 0.3 is 0 Å². The Balaban J connectivity index is 2.51. The molecule has 2 rings (SSSR count). The lowest BCUT2D eigenvalue weighted by Crippen LogP contribution is -1.99. The van der Waals surface area contributed by atoms with Crippen molar-refractivity contribution in [2.24, 2.45) is 5.73 Å². The van der Waals surface area contributed by atoms with Gasteiger partial charge in [0.2, 0.25) is 0 Å². The van der Waals surface area contributed by atoms with Crippen LogP contribution in [0.5, 0.6) is 5.75 Å². The first-order chi connectivity index (χ1) is 8.22. The molecule has 4 N–H and O–H groups in total. The van der Waals surface area contributed by atoms with Crippen molar-refractivity contribution in [3.05, 3.63) is 48.2 Å². The molecule has 0 fully saturated rings. The number of ether oxygens (including phenoxy) is 1. The Morgan fingerprint density at radius 3 is 2.65 bits per heavy atom. The van der Waals surface area contributed by atoms with Crippen LogP contribution in [-0.4, -0.2) is 6.54 Å². The van der Waals surface area contributed by atoms with Gasteiger partial charge in [-0.1, -0.05) is 24.3 Å². The van der Waals surface area contributed by atoms with Crippen molar-refractivity contribution >= 4 is 16.5 Å². The van der Waals surface area contributed by atoms with Gasteiger partial charge in [-0.25, -0.2) is 0 Å². The van der Waals surface area contributed by atoms with E-state index >= 15 is 0 Å². The summed E-state index contributed by atoms with van der Waals surface area (Å²) in [6.07, 6.45) is 1.83. The van der Waals surface area contributed by atoms with Crippen molar-refractivity contribution in [2.75, 3.05) is 12.3 Å². The van der Waals surface area contributed by atoms with Crippen LogP contribution in [0.3, 0.4) is 0 Å². The standard InChI is InChI=1S/C14H16N2O/c1-10(8-9-15)17-13-7-3-5-11-4-2-6-12(16)14(11)13/h2-8H,9,15-16H2,1H3. The van der Waals surface area contributed by atoms with E-state index in [1.54, 1.807) is 0 Å². The van der Waals surface area contributed by atoms with E-state index in [-0.39, 0.29) is 0 Å². The molecule has 3 nitrogen and oxygen atoms in total. The number of fused-ring (bicyclic) bond motifs is 1. The Kier molecular flexibility index (Phi) is 3.30. The molecule has 3 heteroatoms. The number of nitrogens with two attached hydrogens (primary N) is 2. The number of rotatable bonds is 3. The molecule has 0 unspecified atom stereocenters. The lowest BCUT2D eigenvalue weighted by atomic mass is 10.1. The van der Waals surface area contributed by atoms with Crippen LogP contribution in [-0.2, 0) is 0 Å². The first-order valence-electron chi connectivity index (χ1n) is 5.54. The molecule has 0 aliphatic rings. The molecule has 0 spiro atoms. The van der Waals surface area contributed by atoms with E-state index in [1.807, 2.05) is 49.4 Å². The average Bonchev–Trinajstić information content (AvgIpc) is 2.29. The summed E-state index contributed by atoms with van der Waals surface area (Å²) in [6, 6.07) is 11.7. The summed E-state index contributed by atoms with van der Waals surface area (Å²) in [7, 11) is 0. The minimum absolute atomic E-state index is 0.464. The SMILES string of the molecule is CC(=CCN)Oc1cccc2cccc(N)c12. The summed E-state index contributed by atoms with van der Waals surface area (Å²) in [6.45, 7) is 2.34. The van der Waals surface area contributed by atoms with Gasteiger partial charge in [0.15, 0.2) is 0 Å². The highest BCUT2D eigenvalue weighted by molar-refractivity contribution is 5.97. The number of anilines is 1. The second kappa shape index (κ2) is 4.89. The van der Waals surface area contributed by atoms with Gasteiger partial charge in [0.05, 0.1) is 5.76 Å². The second-order valence-corrected chi connectivity index (χ2v) is 3.85. The molecule has 0 bridgehead atoms.